The molecule has 3 aromatic carbocycles. The molecule has 2 aliphatic rings. The van der Waals surface area contributed by atoms with Crippen LogP contribution in [0, 0.1) is 12.8 Å². The van der Waals surface area contributed by atoms with Gasteiger partial charge in [0.1, 0.15) is 11.8 Å². The Hall–Kier alpha value is -4.35. The van der Waals surface area contributed by atoms with Crippen LogP contribution in [-0.4, -0.2) is 41.8 Å². The Balaban J connectivity index is 1.43. The van der Waals surface area contributed by atoms with Gasteiger partial charge in [0.05, 0.1) is 30.9 Å². The molecule has 1 aromatic heterocycles. The summed E-state index contributed by atoms with van der Waals surface area (Å²) in [6.45, 7) is 1.72. The number of para-hydroxylation sites is 1. The lowest BCUT2D eigenvalue weighted by atomic mass is 9.83. The zero-order valence-electron chi connectivity index (χ0n) is 23.0. The average molecular weight is 602 g/mol. The van der Waals surface area contributed by atoms with Crippen molar-refractivity contribution in [1.29, 1.82) is 0 Å². The Morgan fingerprint density at radius 2 is 1.62 bits per heavy atom. The number of rotatable bonds is 7. The molecule has 11 heteroatoms. The Morgan fingerprint density at radius 1 is 0.905 bits per heavy atom. The number of thioether (sulfide) groups is 1. The minimum absolute atomic E-state index is 0.230. The van der Waals surface area contributed by atoms with Gasteiger partial charge in [0, 0.05) is 16.5 Å². The Labute approximate surface area is 250 Å². The molecule has 0 saturated carbocycles. The molecule has 1 fully saturated rings. The number of aryl methyl sites for hydroxylation is 1. The molecule has 42 heavy (non-hydrogen) atoms. The number of hydrogen-bond acceptors (Lipinski definition) is 8. The highest BCUT2D eigenvalue weighted by molar-refractivity contribution is 8.00. The second-order valence-corrected chi connectivity index (χ2v) is 12.2. The van der Waals surface area contributed by atoms with Crippen LogP contribution < -0.4 is 24.6 Å². The fourth-order valence-electron chi connectivity index (χ4n) is 5.47. The van der Waals surface area contributed by atoms with Gasteiger partial charge in [-0.25, -0.2) is 4.90 Å². The van der Waals surface area contributed by atoms with Crippen LogP contribution in [-0.2, 0) is 20.9 Å². The van der Waals surface area contributed by atoms with E-state index >= 15 is 0 Å². The molecule has 3 atom stereocenters. The van der Waals surface area contributed by atoms with Crippen molar-refractivity contribution in [1.82, 2.24) is 4.57 Å². The van der Waals surface area contributed by atoms with Gasteiger partial charge >= 0.3 is 4.87 Å². The van der Waals surface area contributed by atoms with Gasteiger partial charge in [0.25, 0.3) is 0 Å². The van der Waals surface area contributed by atoms with Crippen LogP contribution in [0.1, 0.15) is 21.9 Å². The first kappa shape index (κ1) is 27.8. The molecule has 1 saturated heterocycles. The topological polar surface area (TPSA) is 107 Å². The summed E-state index contributed by atoms with van der Waals surface area (Å²) in [7, 11) is 3.06. The number of imide groups is 1. The van der Waals surface area contributed by atoms with Gasteiger partial charge in [0.15, 0.2) is 11.5 Å². The number of nitrogens with one attached hydrogen (secondary N) is 1. The summed E-state index contributed by atoms with van der Waals surface area (Å²) < 4.78 is 12.4. The van der Waals surface area contributed by atoms with E-state index in [-0.39, 0.29) is 29.1 Å². The van der Waals surface area contributed by atoms with Crippen molar-refractivity contribution in [3.63, 3.8) is 0 Å². The van der Waals surface area contributed by atoms with E-state index in [0.717, 1.165) is 16.9 Å². The van der Waals surface area contributed by atoms with Crippen molar-refractivity contribution in [2.24, 2.45) is 5.92 Å². The molecule has 4 aromatic rings. The SMILES string of the molecule is COc1ccc(C2c3sc(=O)n(CC(=O)Nc4ccc(C)cc4)c3SC3C(=O)N(c4ccccc4)C(=O)C32)cc1OC. The van der Waals surface area contributed by atoms with E-state index in [0.29, 0.717) is 38.3 Å². The molecule has 3 unspecified atom stereocenters. The predicted octanol–water partition coefficient (Wildman–Crippen LogP) is 4.67. The average Bonchev–Trinajstić information content (AvgIpc) is 3.44. The first-order chi connectivity index (χ1) is 20.3. The number of carbonyl (C=O) groups excluding carboxylic acids is 3. The fourth-order valence-corrected chi connectivity index (χ4v) is 8.25. The molecule has 9 nitrogen and oxygen atoms in total. The maximum Gasteiger partial charge on any atom is 0.308 e. The molecular formula is C31H27N3O6S2. The quantitative estimate of drug-likeness (QED) is 0.307. The first-order valence-corrected chi connectivity index (χ1v) is 14.9. The summed E-state index contributed by atoms with van der Waals surface area (Å²) >= 11 is 2.17. The van der Waals surface area contributed by atoms with Crippen LogP contribution in [0.15, 0.2) is 82.6 Å². The van der Waals surface area contributed by atoms with E-state index < -0.39 is 17.1 Å². The van der Waals surface area contributed by atoms with Gasteiger partial charge in [-0.3, -0.25) is 23.7 Å². The maximum atomic E-state index is 14.0. The summed E-state index contributed by atoms with van der Waals surface area (Å²) in [5.74, 6) is -1.46. The van der Waals surface area contributed by atoms with Gasteiger partial charge in [-0.2, -0.15) is 0 Å². The number of anilines is 2. The highest BCUT2D eigenvalue weighted by atomic mass is 32.2. The van der Waals surface area contributed by atoms with Gasteiger partial charge in [0.2, 0.25) is 17.7 Å². The molecule has 0 aliphatic carbocycles. The highest BCUT2D eigenvalue weighted by Crippen LogP contribution is 2.54. The Morgan fingerprint density at radius 3 is 2.31 bits per heavy atom. The molecule has 214 valence electrons. The molecule has 3 heterocycles. The number of ether oxygens (including phenoxy) is 2. The zero-order valence-corrected chi connectivity index (χ0v) is 24.7. The largest absolute Gasteiger partial charge is 0.493 e. The van der Waals surface area contributed by atoms with Gasteiger partial charge in [-0.15, -0.1) is 0 Å². The van der Waals surface area contributed by atoms with E-state index in [9.17, 15) is 19.2 Å². The lowest BCUT2D eigenvalue weighted by Gasteiger charge is -2.31. The molecule has 6 rings (SSSR count). The lowest BCUT2D eigenvalue weighted by molar-refractivity contribution is -0.122. The Bertz CT molecular complexity index is 1750. The van der Waals surface area contributed by atoms with E-state index in [4.69, 9.17) is 9.47 Å². The smallest absolute Gasteiger partial charge is 0.308 e. The standard InChI is InChI=1S/C31H27N3O6S2/c1-17-9-12-19(13-10-17)32-23(35)16-33-30-27(42-31(33)38)24(18-11-14-21(39-2)22(15-18)40-3)25-26(41-30)29(37)34(28(25)36)20-7-5-4-6-8-20/h4-15,24-26H,16H2,1-3H3,(H,32,35). The van der Waals surface area contributed by atoms with E-state index in [1.54, 1.807) is 48.5 Å². The molecule has 0 bridgehead atoms. The molecule has 2 aliphatic heterocycles. The van der Waals surface area contributed by atoms with E-state index in [1.807, 2.05) is 31.2 Å². The van der Waals surface area contributed by atoms with Crippen LogP contribution in [0.5, 0.6) is 11.5 Å². The number of thiazole rings is 1. The molecule has 1 N–H and O–H groups in total. The maximum absolute atomic E-state index is 14.0. The Kier molecular flexibility index (Phi) is 7.38. The molecule has 3 amide bonds. The van der Waals surface area contributed by atoms with Crippen molar-refractivity contribution in [2.45, 2.75) is 29.7 Å². The van der Waals surface area contributed by atoms with Crippen LogP contribution in [0.4, 0.5) is 11.4 Å². The summed E-state index contributed by atoms with van der Waals surface area (Å²) in [6.07, 6.45) is 0. The number of carbonyl (C=O) groups is 3. The summed E-state index contributed by atoms with van der Waals surface area (Å²) in [4.78, 5) is 55.8. The third kappa shape index (κ3) is 4.78. The van der Waals surface area contributed by atoms with Crippen LogP contribution in [0.3, 0.4) is 0 Å². The summed E-state index contributed by atoms with van der Waals surface area (Å²) in [5, 5.41) is 2.57. The predicted molar refractivity (Wildman–Crippen MR) is 162 cm³/mol. The van der Waals surface area contributed by atoms with Crippen molar-refractivity contribution < 1.29 is 23.9 Å². The molecule has 0 radical (unpaired) electrons. The summed E-state index contributed by atoms with van der Waals surface area (Å²) in [5.41, 5.74) is 2.88. The van der Waals surface area contributed by atoms with Gasteiger partial charge in [-0.05, 0) is 48.9 Å². The van der Waals surface area contributed by atoms with Gasteiger partial charge in [-0.1, -0.05) is 65.1 Å². The van der Waals surface area contributed by atoms with Crippen molar-refractivity contribution in [2.75, 3.05) is 24.4 Å². The number of amides is 3. The summed E-state index contributed by atoms with van der Waals surface area (Å²) in [6, 6.07) is 21.5. The van der Waals surface area contributed by atoms with E-state index in [1.165, 1.54) is 35.4 Å². The fraction of sp³-hybridized carbons (Fsp3) is 0.226. The normalized spacial score (nSPS) is 19.3. The number of methoxy groups -OCH3 is 2. The molecule has 0 spiro atoms. The zero-order chi connectivity index (χ0) is 29.5. The first-order valence-electron chi connectivity index (χ1n) is 13.2. The number of nitrogens with zero attached hydrogens (tertiary/aromatic N) is 2. The lowest BCUT2D eigenvalue weighted by Crippen LogP contribution is -2.33. The minimum Gasteiger partial charge on any atom is -0.493 e. The van der Waals surface area contributed by atoms with E-state index in [2.05, 4.69) is 5.32 Å². The monoisotopic (exact) mass is 601 g/mol. The van der Waals surface area contributed by atoms with Crippen LogP contribution in [0.25, 0.3) is 0 Å². The number of benzene rings is 3. The third-order valence-electron chi connectivity index (χ3n) is 7.47. The van der Waals surface area contributed by atoms with Crippen molar-refractivity contribution in [3.05, 3.63) is 98.5 Å². The van der Waals surface area contributed by atoms with Gasteiger partial charge < -0.3 is 14.8 Å². The molecular weight excluding hydrogens is 574 g/mol. The highest BCUT2D eigenvalue weighted by Gasteiger charge is 2.57. The second-order valence-electron chi connectivity index (χ2n) is 10.0. The van der Waals surface area contributed by atoms with Crippen LogP contribution >= 0.6 is 23.1 Å². The second kappa shape index (κ2) is 11.1. The van der Waals surface area contributed by atoms with Crippen LogP contribution in [0.2, 0.25) is 0 Å². The van der Waals surface area contributed by atoms with Crippen molar-refractivity contribution in [3.8, 4) is 11.5 Å². The third-order valence-corrected chi connectivity index (χ3v) is 10.1. The number of aromatic nitrogens is 1. The van der Waals surface area contributed by atoms with Crippen molar-refractivity contribution >= 4 is 52.2 Å². The number of fused-ring (bicyclic) bond motifs is 2. The number of hydrogen-bond donors (Lipinski definition) is 1. The minimum atomic E-state index is -0.788.